The zero-order chi connectivity index (χ0) is 17.1. The summed E-state index contributed by atoms with van der Waals surface area (Å²) in [5.41, 5.74) is 3.38. The molecule has 0 aliphatic carbocycles. The Hall–Kier alpha value is -2.53. The third kappa shape index (κ3) is 3.77. The van der Waals surface area contributed by atoms with Gasteiger partial charge in [0.2, 0.25) is 5.89 Å². The Balaban J connectivity index is 1.44. The zero-order valence-corrected chi connectivity index (χ0v) is 14.4. The lowest BCUT2D eigenvalue weighted by atomic mass is 9.97. The van der Waals surface area contributed by atoms with Crippen molar-refractivity contribution in [2.24, 2.45) is 0 Å². The fourth-order valence-corrected chi connectivity index (χ4v) is 3.34. The van der Waals surface area contributed by atoms with Gasteiger partial charge in [-0.05, 0) is 44.0 Å². The molecule has 2 aromatic heterocycles. The van der Waals surface area contributed by atoms with Crippen molar-refractivity contribution in [1.29, 1.82) is 0 Å². The molecule has 0 spiro atoms. The van der Waals surface area contributed by atoms with Crippen molar-refractivity contribution in [2.75, 3.05) is 13.1 Å². The van der Waals surface area contributed by atoms with Crippen LogP contribution in [0, 0.1) is 6.92 Å². The molecule has 3 heterocycles. The molecule has 4 rings (SSSR count). The lowest BCUT2D eigenvalue weighted by molar-refractivity contribution is 0.186. The maximum Gasteiger partial charge on any atom is 0.266 e. The normalized spacial score (nSPS) is 18.4. The second-order valence-corrected chi connectivity index (χ2v) is 6.72. The molecule has 1 fully saturated rings. The highest BCUT2D eigenvalue weighted by Crippen LogP contribution is 2.28. The average Bonchev–Trinajstić information content (AvgIpc) is 3.15. The van der Waals surface area contributed by atoms with Crippen LogP contribution in [0.4, 0.5) is 0 Å². The molecule has 0 saturated carbocycles. The van der Waals surface area contributed by atoms with Gasteiger partial charge in [0.1, 0.15) is 5.69 Å². The van der Waals surface area contributed by atoms with Crippen LogP contribution in [0.25, 0.3) is 11.6 Å². The van der Waals surface area contributed by atoms with Crippen LogP contribution in [0.15, 0.2) is 53.1 Å². The quantitative estimate of drug-likeness (QED) is 0.726. The third-order valence-corrected chi connectivity index (χ3v) is 4.71. The first-order valence-corrected chi connectivity index (χ1v) is 8.80. The number of benzene rings is 1. The average molecular weight is 334 g/mol. The number of aryl methyl sites for hydroxylation is 1. The number of nitrogens with zero attached hydrogens (tertiary/aromatic N) is 4. The zero-order valence-electron chi connectivity index (χ0n) is 14.4. The van der Waals surface area contributed by atoms with Gasteiger partial charge in [0.15, 0.2) is 0 Å². The SMILES string of the molecule is Cc1ccc(CN2CCC[C@@H](c3nnc(-c4ccccn4)o3)C2)cc1. The van der Waals surface area contributed by atoms with Gasteiger partial charge in [0.05, 0.1) is 5.92 Å². The molecular weight excluding hydrogens is 312 g/mol. The van der Waals surface area contributed by atoms with Crippen LogP contribution >= 0.6 is 0 Å². The summed E-state index contributed by atoms with van der Waals surface area (Å²) in [5, 5.41) is 8.47. The first-order chi connectivity index (χ1) is 12.3. The van der Waals surface area contributed by atoms with Crippen molar-refractivity contribution in [3.63, 3.8) is 0 Å². The molecule has 1 aromatic carbocycles. The molecule has 0 unspecified atom stereocenters. The Labute approximate surface area is 147 Å². The molecule has 1 aliphatic rings. The summed E-state index contributed by atoms with van der Waals surface area (Å²) in [6.07, 6.45) is 3.98. The second-order valence-electron chi connectivity index (χ2n) is 6.72. The Bertz CT molecular complexity index is 813. The molecule has 0 radical (unpaired) electrons. The molecule has 0 N–H and O–H groups in total. The largest absolute Gasteiger partial charge is 0.419 e. The summed E-state index contributed by atoms with van der Waals surface area (Å²) in [6, 6.07) is 14.5. The number of likely N-dealkylation sites (tertiary alicyclic amines) is 1. The van der Waals surface area contributed by atoms with E-state index in [0.29, 0.717) is 11.8 Å². The number of rotatable bonds is 4. The van der Waals surface area contributed by atoms with Gasteiger partial charge >= 0.3 is 0 Å². The predicted molar refractivity (Wildman–Crippen MR) is 96.0 cm³/mol. The molecular formula is C20H22N4O. The molecule has 0 bridgehead atoms. The van der Waals surface area contributed by atoms with E-state index in [-0.39, 0.29) is 0 Å². The third-order valence-electron chi connectivity index (χ3n) is 4.71. The molecule has 0 amide bonds. The van der Waals surface area contributed by atoms with E-state index in [1.807, 2.05) is 18.2 Å². The Kier molecular flexibility index (Phi) is 4.57. The van der Waals surface area contributed by atoms with Gasteiger partial charge in [0.25, 0.3) is 5.89 Å². The number of hydrogen-bond donors (Lipinski definition) is 0. The van der Waals surface area contributed by atoms with E-state index in [2.05, 4.69) is 51.3 Å². The smallest absolute Gasteiger partial charge is 0.266 e. The van der Waals surface area contributed by atoms with Gasteiger partial charge in [-0.1, -0.05) is 35.9 Å². The molecule has 1 atom stereocenters. The number of hydrogen-bond acceptors (Lipinski definition) is 5. The summed E-state index contributed by atoms with van der Waals surface area (Å²) < 4.78 is 5.91. The van der Waals surface area contributed by atoms with Crippen LogP contribution in [0.3, 0.4) is 0 Å². The van der Waals surface area contributed by atoms with Crippen molar-refractivity contribution in [2.45, 2.75) is 32.2 Å². The molecule has 128 valence electrons. The number of aromatic nitrogens is 3. The Morgan fingerprint density at radius 1 is 1.12 bits per heavy atom. The molecule has 25 heavy (non-hydrogen) atoms. The van der Waals surface area contributed by atoms with Crippen LogP contribution in [0.1, 0.15) is 35.8 Å². The maximum atomic E-state index is 5.91. The van der Waals surface area contributed by atoms with Crippen molar-refractivity contribution < 1.29 is 4.42 Å². The van der Waals surface area contributed by atoms with E-state index in [1.54, 1.807) is 6.20 Å². The van der Waals surface area contributed by atoms with E-state index in [1.165, 1.54) is 11.1 Å². The van der Waals surface area contributed by atoms with Crippen molar-refractivity contribution in [1.82, 2.24) is 20.1 Å². The summed E-state index contributed by atoms with van der Waals surface area (Å²) >= 11 is 0. The van der Waals surface area contributed by atoms with Gasteiger partial charge in [0, 0.05) is 19.3 Å². The van der Waals surface area contributed by atoms with E-state index >= 15 is 0 Å². The van der Waals surface area contributed by atoms with Gasteiger partial charge < -0.3 is 4.42 Å². The van der Waals surface area contributed by atoms with E-state index in [4.69, 9.17) is 4.42 Å². The number of pyridine rings is 1. The van der Waals surface area contributed by atoms with Gasteiger partial charge in [-0.15, -0.1) is 10.2 Å². The topological polar surface area (TPSA) is 55.1 Å². The lowest BCUT2D eigenvalue weighted by Crippen LogP contribution is -2.34. The molecule has 5 heteroatoms. The minimum atomic E-state index is 0.296. The fraction of sp³-hybridized carbons (Fsp3) is 0.350. The fourth-order valence-electron chi connectivity index (χ4n) is 3.34. The summed E-state index contributed by atoms with van der Waals surface area (Å²) in [6.45, 7) is 5.16. The minimum absolute atomic E-state index is 0.296. The summed E-state index contributed by atoms with van der Waals surface area (Å²) in [4.78, 5) is 6.75. The summed E-state index contributed by atoms with van der Waals surface area (Å²) in [7, 11) is 0. The van der Waals surface area contributed by atoms with Crippen LogP contribution in [0.5, 0.6) is 0 Å². The predicted octanol–water partition coefficient (Wildman–Crippen LogP) is 3.82. The second kappa shape index (κ2) is 7.15. The van der Waals surface area contributed by atoms with Gasteiger partial charge in [-0.25, -0.2) is 0 Å². The van der Waals surface area contributed by atoms with Crippen molar-refractivity contribution >= 4 is 0 Å². The lowest BCUT2D eigenvalue weighted by Gasteiger charge is -2.31. The highest BCUT2D eigenvalue weighted by Gasteiger charge is 2.26. The first-order valence-electron chi connectivity index (χ1n) is 8.80. The highest BCUT2D eigenvalue weighted by molar-refractivity contribution is 5.45. The minimum Gasteiger partial charge on any atom is -0.419 e. The van der Waals surface area contributed by atoms with Crippen molar-refractivity contribution in [3.8, 4) is 11.6 Å². The molecule has 3 aromatic rings. The van der Waals surface area contributed by atoms with E-state index in [9.17, 15) is 0 Å². The van der Waals surface area contributed by atoms with Gasteiger partial charge in [-0.2, -0.15) is 0 Å². The first kappa shape index (κ1) is 16.0. The van der Waals surface area contributed by atoms with Crippen LogP contribution in [0.2, 0.25) is 0 Å². The van der Waals surface area contributed by atoms with Crippen LogP contribution in [-0.4, -0.2) is 33.2 Å². The molecule has 1 saturated heterocycles. The van der Waals surface area contributed by atoms with Gasteiger partial charge in [-0.3, -0.25) is 9.88 Å². The summed E-state index contributed by atoms with van der Waals surface area (Å²) in [5.74, 6) is 1.53. The van der Waals surface area contributed by atoms with E-state index in [0.717, 1.165) is 44.1 Å². The van der Waals surface area contributed by atoms with Crippen molar-refractivity contribution in [3.05, 3.63) is 65.7 Å². The maximum absolute atomic E-state index is 5.91. The highest BCUT2D eigenvalue weighted by atomic mass is 16.4. The van der Waals surface area contributed by atoms with Crippen LogP contribution in [-0.2, 0) is 6.54 Å². The molecule has 5 nitrogen and oxygen atoms in total. The monoisotopic (exact) mass is 334 g/mol. The standard InChI is InChI=1S/C20H22N4O/c1-15-7-9-16(10-8-15)13-24-12-4-5-17(14-24)19-22-23-20(25-19)18-6-2-3-11-21-18/h2-3,6-11,17H,4-5,12-14H2,1H3/t17-/m1/s1. The van der Waals surface area contributed by atoms with Crippen LogP contribution < -0.4 is 0 Å². The Morgan fingerprint density at radius 2 is 2.00 bits per heavy atom. The molecule has 1 aliphatic heterocycles. The Morgan fingerprint density at radius 3 is 2.80 bits per heavy atom. The van der Waals surface area contributed by atoms with E-state index < -0.39 is 0 Å². The number of piperidine rings is 1.